The summed E-state index contributed by atoms with van der Waals surface area (Å²) in [6, 6.07) is 4.22. The molecule has 0 radical (unpaired) electrons. The van der Waals surface area contributed by atoms with Crippen molar-refractivity contribution in [1.29, 1.82) is 0 Å². The van der Waals surface area contributed by atoms with Crippen LogP contribution in [0.2, 0.25) is 0 Å². The molecule has 3 heterocycles. The monoisotopic (exact) mass is 375 g/mol. The minimum Gasteiger partial charge on any atom is -0.365 e. The molecule has 1 atom stereocenters. The lowest BCUT2D eigenvalue weighted by atomic mass is 9.83. The van der Waals surface area contributed by atoms with Crippen molar-refractivity contribution in [2.45, 2.75) is 12.5 Å². The number of anilines is 1. The average molecular weight is 375 g/mol. The summed E-state index contributed by atoms with van der Waals surface area (Å²) in [4.78, 5) is 12.2. The van der Waals surface area contributed by atoms with Gasteiger partial charge in [0.25, 0.3) is 0 Å². The first-order valence-electron chi connectivity index (χ1n) is 8.22. The fourth-order valence-electron chi connectivity index (χ4n) is 3.26. The Balaban J connectivity index is 1.49. The van der Waals surface area contributed by atoms with Crippen molar-refractivity contribution in [3.05, 3.63) is 45.7 Å². The Morgan fingerprint density at radius 3 is 3.00 bits per heavy atom. The zero-order valence-electron chi connectivity index (χ0n) is 13.5. The molecule has 0 amide bonds. The molecule has 8 nitrogen and oxygen atoms in total. The summed E-state index contributed by atoms with van der Waals surface area (Å²) in [5, 5.41) is 14.8. The molecule has 3 aromatic rings. The van der Waals surface area contributed by atoms with E-state index in [1.807, 2.05) is 11.8 Å². The Hall–Kier alpha value is -2.62. The van der Waals surface area contributed by atoms with Crippen molar-refractivity contribution in [2.24, 2.45) is 5.92 Å². The summed E-state index contributed by atoms with van der Waals surface area (Å²) in [6.07, 6.45) is 0.594. The Bertz CT molecular complexity index is 1030. The van der Waals surface area contributed by atoms with Gasteiger partial charge in [0.2, 0.25) is 11.6 Å². The van der Waals surface area contributed by atoms with E-state index in [4.69, 9.17) is 9.15 Å². The molecular weight excluding hydrogens is 361 g/mol. The summed E-state index contributed by atoms with van der Waals surface area (Å²) < 4.78 is 24.7. The highest BCUT2D eigenvalue weighted by atomic mass is 32.2. The molecule has 1 aliphatic heterocycles. The number of aromatic nitrogens is 4. The fourth-order valence-corrected chi connectivity index (χ4v) is 4.07. The van der Waals surface area contributed by atoms with Crippen LogP contribution < -0.4 is 11.1 Å². The quantitative estimate of drug-likeness (QED) is 0.722. The van der Waals surface area contributed by atoms with Crippen LogP contribution in [-0.2, 0) is 6.42 Å². The molecule has 1 aliphatic carbocycles. The van der Waals surface area contributed by atoms with Crippen LogP contribution in [0.4, 0.5) is 10.2 Å². The highest BCUT2D eigenvalue weighted by molar-refractivity contribution is 8.00. The molecule has 26 heavy (non-hydrogen) atoms. The molecule has 10 heteroatoms. The Kier molecular flexibility index (Phi) is 3.59. The van der Waals surface area contributed by atoms with Crippen LogP contribution in [0.3, 0.4) is 0 Å². The van der Waals surface area contributed by atoms with Gasteiger partial charge in [0.15, 0.2) is 5.69 Å². The van der Waals surface area contributed by atoms with Gasteiger partial charge in [-0.15, -0.1) is 0 Å². The molecule has 1 unspecified atom stereocenters. The highest BCUT2D eigenvalue weighted by Gasteiger charge is 2.34. The van der Waals surface area contributed by atoms with Crippen molar-refractivity contribution in [3.63, 3.8) is 0 Å². The van der Waals surface area contributed by atoms with Gasteiger partial charge in [-0.25, -0.2) is 18.4 Å². The van der Waals surface area contributed by atoms with Crippen LogP contribution in [-0.4, -0.2) is 38.1 Å². The molecule has 134 valence electrons. The number of hydrogen-bond donors (Lipinski definition) is 1. The molecule has 1 fully saturated rings. The van der Waals surface area contributed by atoms with Crippen molar-refractivity contribution >= 4 is 17.6 Å². The number of nitrogens with one attached hydrogen (secondary N) is 1. The second kappa shape index (κ2) is 5.97. The smallest absolute Gasteiger partial charge is 0.365 e. The standard InChI is InChI=1S/C16H14FN5O3S/c17-10-2-1-9-3-12(11(9)4-10)22-15(21-24-16(22)23)13-14(20-25-19-13)18-5-8-6-26-7-8/h1-2,4,8,12H,3,5-7H2,(H,18,20). The number of halogens is 1. The third-order valence-electron chi connectivity index (χ3n) is 4.79. The predicted octanol–water partition coefficient (Wildman–Crippen LogP) is 1.95. The zero-order valence-corrected chi connectivity index (χ0v) is 14.3. The minimum absolute atomic E-state index is 0.224. The zero-order chi connectivity index (χ0) is 17.7. The first-order valence-corrected chi connectivity index (χ1v) is 9.37. The van der Waals surface area contributed by atoms with E-state index in [2.05, 4.69) is 20.8 Å². The first kappa shape index (κ1) is 15.6. The number of fused-ring (bicyclic) bond motifs is 1. The van der Waals surface area contributed by atoms with E-state index in [1.54, 1.807) is 6.07 Å². The maximum absolute atomic E-state index is 13.6. The van der Waals surface area contributed by atoms with E-state index in [9.17, 15) is 9.18 Å². The second-order valence-corrected chi connectivity index (χ2v) is 7.53. The number of benzene rings is 1. The largest absolute Gasteiger partial charge is 0.442 e. The molecule has 1 aromatic carbocycles. The third-order valence-corrected chi connectivity index (χ3v) is 6.21. The lowest BCUT2D eigenvalue weighted by Gasteiger charge is -2.30. The van der Waals surface area contributed by atoms with Crippen LogP contribution in [0.25, 0.3) is 11.5 Å². The summed E-state index contributed by atoms with van der Waals surface area (Å²) in [7, 11) is 0. The highest BCUT2D eigenvalue weighted by Crippen LogP contribution is 2.38. The first-order chi connectivity index (χ1) is 12.7. The molecule has 5 rings (SSSR count). The molecule has 0 spiro atoms. The molecule has 2 aromatic heterocycles. The van der Waals surface area contributed by atoms with Gasteiger partial charge >= 0.3 is 5.76 Å². The Labute approximate surface area is 150 Å². The van der Waals surface area contributed by atoms with Crippen LogP contribution in [0.15, 0.2) is 32.1 Å². The van der Waals surface area contributed by atoms with E-state index in [0.29, 0.717) is 23.9 Å². The van der Waals surface area contributed by atoms with Gasteiger partial charge in [-0.1, -0.05) is 11.2 Å². The molecule has 0 bridgehead atoms. The molecule has 1 N–H and O–H groups in total. The van der Waals surface area contributed by atoms with Crippen molar-refractivity contribution < 1.29 is 13.5 Å². The molecule has 2 aliphatic rings. The van der Waals surface area contributed by atoms with E-state index < -0.39 is 5.76 Å². The number of rotatable bonds is 5. The Morgan fingerprint density at radius 2 is 2.19 bits per heavy atom. The minimum atomic E-state index is -0.621. The summed E-state index contributed by atoms with van der Waals surface area (Å²) in [5.41, 5.74) is 2.05. The van der Waals surface area contributed by atoms with Crippen molar-refractivity contribution in [1.82, 2.24) is 20.0 Å². The Morgan fingerprint density at radius 1 is 1.31 bits per heavy atom. The van der Waals surface area contributed by atoms with Crippen molar-refractivity contribution in [3.8, 4) is 11.5 Å². The maximum Gasteiger partial charge on any atom is 0.442 e. The maximum atomic E-state index is 13.6. The lowest BCUT2D eigenvalue weighted by molar-refractivity contribution is 0.309. The van der Waals surface area contributed by atoms with E-state index in [-0.39, 0.29) is 17.7 Å². The van der Waals surface area contributed by atoms with Crippen LogP contribution in [0, 0.1) is 11.7 Å². The molecule has 1 saturated heterocycles. The van der Waals surface area contributed by atoms with E-state index in [1.165, 1.54) is 16.7 Å². The van der Waals surface area contributed by atoms with Crippen LogP contribution in [0.5, 0.6) is 0 Å². The van der Waals surface area contributed by atoms with Gasteiger partial charge in [0, 0.05) is 6.54 Å². The summed E-state index contributed by atoms with van der Waals surface area (Å²) in [6.45, 7) is 0.744. The normalized spacial score (nSPS) is 18.9. The predicted molar refractivity (Wildman–Crippen MR) is 91.6 cm³/mol. The number of hydrogen-bond acceptors (Lipinski definition) is 8. The third kappa shape index (κ3) is 2.44. The van der Waals surface area contributed by atoms with Crippen LogP contribution >= 0.6 is 11.8 Å². The number of nitrogens with zero attached hydrogens (tertiary/aromatic N) is 4. The topological polar surface area (TPSA) is 99.0 Å². The molecule has 0 saturated carbocycles. The fraction of sp³-hybridized carbons (Fsp3) is 0.375. The van der Waals surface area contributed by atoms with Gasteiger partial charge in [-0.3, -0.25) is 4.52 Å². The van der Waals surface area contributed by atoms with Gasteiger partial charge in [-0.2, -0.15) is 11.8 Å². The van der Waals surface area contributed by atoms with Crippen LogP contribution in [0.1, 0.15) is 17.2 Å². The van der Waals surface area contributed by atoms with Gasteiger partial charge in [0.05, 0.1) is 6.04 Å². The second-order valence-electron chi connectivity index (χ2n) is 6.45. The van der Waals surface area contributed by atoms with E-state index >= 15 is 0 Å². The SMILES string of the molecule is O=c1onc(-c2nonc2NCC2CSC2)n1C1Cc2ccc(F)cc21. The van der Waals surface area contributed by atoms with Gasteiger partial charge in [0.1, 0.15) is 5.82 Å². The average Bonchev–Trinajstić information content (AvgIpc) is 3.16. The summed E-state index contributed by atoms with van der Waals surface area (Å²) >= 11 is 1.89. The molecular formula is C16H14FN5O3S. The lowest BCUT2D eigenvalue weighted by Crippen LogP contribution is -2.31. The summed E-state index contributed by atoms with van der Waals surface area (Å²) in [5.74, 6) is 2.46. The number of thioether (sulfide) groups is 1. The van der Waals surface area contributed by atoms with Gasteiger partial charge < -0.3 is 5.32 Å². The van der Waals surface area contributed by atoms with Crippen molar-refractivity contribution in [2.75, 3.05) is 23.4 Å². The van der Waals surface area contributed by atoms with E-state index in [0.717, 1.165) is 29.2 Å². The van der Waals surface area contributed by atoms with Gasteiger partial charge in [-0.05, 0) is 57.4 Å².